The van der Waals surface area contributed by atoms with Gasteiger partial charge in [0.05, 0.1) is 11.9 Å². The van der Waals surface area contributed by atoms with Gasteiger partial charge in [-0.05, 0) is 36.8 Å². The number of fused-ring (bicyclic) bond motifs is 1. The first-order valence-corrected chi connectivity index (χ1v) is 8.34. The molecular weight excluding hydrogens is 339 g/mol. The Kier molecular flexibility index (Phi) is 5.37. The Hall–Kier alpha value is -1.95. The molecule has 0 saturated carbocycles. The molecule has 3 heterocycles. The van der Waals surface area contributed by atoms with Crippen LogP contribution in [0.1, 0.15) is 23.0 Å². The molecule has 4 nitrogen and oxygen atoms in total. The fourth-order valence-electron chi connectivity index (χ4n) is 3.57. The molecule has 1 aliphatic heterocycles. The molecule has 25 heavy (non-hydrogen) atoms. The number of benzene rings is 1. The Morgan fingerprint density at radius 2 is 2.08 bits per heavy atom. The molecule has 1 saturated heterocycles. The minimum atomic E-state index is -0.177. The van der Waals surface area contributed by atoms with Crippen LogP contribution < -0.4 is 5.32 Å². The molecule has 1 fully saturated rings. The van der Waals surface area contributed by atoms with Crippen LogP contribution in [0.5, 0.6) is 0 Å². The molecule has 1 atom stereocenters. The molecule has 1 aromatic carbocycles. The zero-order valence-electron chi connectivity index (χ0n) is 14.2. The van der Waals surface area contributed by atoms with Crippen LogP contribution >= 0.6 is 12.4 Å². The molecular formula is C19H22ClFN4. The normalized spacial score (nSPS) is 18.2. The van der Waals surface area contributed by atoms with E-state index in [-0.39, 0.29) is 24.3 Å². The zero-order valence-corrected chi connectivity index (χ0v) is 15.0. The van der Waals surface area contributed by atoms with Gasteiger partial charge in [0, 0.05) is 37.9 Å². The molecule has 0 aliphatic carbocycles. The summed E-state index contributed by atoms with van der Waals surface area (Å²) in [5.74, 6) is -0.177. The van der Waals surface area contributed by atoms with Gasteiger partial charge in [0.15, 0.2) is 0 Å². The lowest BCUT2D eigenvalue weighted by Crippen LogP contribution is -2.45. The number of hydrogen-bond acceptors (Lipinski definition) is 3. The number of hydrogen-bond donors (Lipinski definition) is 1. The van der Waals surface area contributed by atoms with E-state index in [2.05, 4.69) is 32.6 Å². The largest absolute Gasteiger partial charge is 0.314 e. The number of halogens is 2. The van der Waals surface area contributed by atoms with Gasteiger partial charge in [0.25, 0.3) is 0 Å². The standard InChI is InChI=1S/C19H21FN4.ClH/c1-14-4-2-7-19-22-11-17(24(14)19)13-23-9-8-21-12-18(23)15-5-3-6-16(20)10-15;/h2-7,10-11,18,21H,8-9,12-13H2,1H3;1H. The van der Waals surface area contributed by atoms with E-state index in [0.717, 1.165) is 37.4 Å². The summed E-state index contributed by atoms with van der Waals surface area (Å²) in [6.45, 7) is 5.61. The topological polar surface area (TPSA) is 32.6 Å². The van der Waals surface area contributed by atoms with Crippen LogP contribution in [0.2, 0.25) is 0 Å². The van der Waals surface area contributed by atoms with Crippen molar-refractivity contribution >= 4 is 18.1 Å². The maximum absolute atomic E-state index is 13.6. The van der Waals surface area contributed by atoms with Crippen molar-refractivity contribution in [2.45, 2.75) is 19.5 Å². The van der Waals surface area contributed by atoms with Crippen molar-refractivity contribution in [3.8, 4) is 0 Å². The van der Waals surface area contributed by atoms with Gasteiger partial charge in [-0.15, -0.1) is 12.4 Å². The maximum atomic E-state index is 13.6. The Morgan fingerprint density at radius 3 is 2.92 bits per heavy atom. The van der Waals surface area contributed by atoms with Gasteiger partial charge in [0.2, 0.25) is 0 Å². The number of pyridine rings is 1. The fourth-order valence-corrected chi connectivity index (χ4v) is 3.57. The molecule has 1 unspecified atom stereocenters. The van der Waals surface area contributed by atoms with Gasteiger partial charge in [-0.2, -0.15) is 0 Å². The summed E-state index contributed by atoms with van der Waals surface area (Å²) in [5.41, 5.74) is 4.35. The van der Waals surface area contributed by atoms with E-state index in [1.807, 2.05) is 24.4 Å². The number of imidazole rings is 1. The fraction of sp³-hybridized carbons (Fsp3) is 0.316. The lowest BCUT2D eigenvalue weighted by Gasteiger charge is -2.36. The average molecular weight is 361 g/mol. The lowest BCUT2D eigenvalue weighted by atomic mass is 10.0. The summed E-state index contributed by atoms with van der Waals surface area (Å²) in [7, 11) is 0. The summed E-state index contributed by atoms with van der Waals surface area (Å²) in [6.07, 6.45) is 1.95. The Bertz CT molecular complexity index is 864. The van der Waals surface area contributed by atoms with Crippen molar-refractivity contribution in [2.24, 2.45) is 0 Å². The van der Waals surface area contributed by atoms with Gasteiger partial charge in [0.1, 0.15) is 11.5 Å². The van der Waals surface area contributed by atoms with Crippen LogP contribution in [0, 0.1) is 12.7 Å². The number of aryl methyl sites for hydroxylation is 1. The van der Waals surface area contributed by atoms with Gasteiger partial charge < -0.3 is 9.72 Å². The highest BCUT2D eigenvalue weighted by molar-refractivity contribution is 5.85. The van der Waals surface area contributed by atoms with Crippen molar-refractivity contribution in [1.82, 2.24) is 19.6 Å². The second kappa shape index (κ2) is 7.52. The Labute approximate surface area is 153 Å². The van der Waals surface area contributed by atoms with Crippen LogP contribution in [0.25, 0.3) is 5.65 Å². The number of rotatable bonds is 3. The van der Waals surface area contributed by atoms with Crippen molar-refractivity contribution in [3.63, 3.8) is 0 Å². The van der Waals surface area contributed by atoms with E-state index in [9.17, 15) is 4.39 Å². The maximum Gasteiger partial charge on any atom is 0.137 e. The van der Waals surface area contributed by atoms with E-state index in [0.29, 0.717) is 0 Å². The highest BCUT2D eigenvalue weighted by atomic mass is 35.5. The third-order valence-corrected chi connectivity index (χ3v) is 4.75. The SMILES string of the molecule is Cc1cccc2ncc(CN3CCNCC3c3cccc(F)c3)n12.Cl. The monoisotopic (exact) mass is 360 g/mol. The van der Waals surface area contributed by atoms with Crippen LogP contribution in [-0.4, -0.2) is 33.9 Å². The quantitative estimate of drug-likeness (QED) is 0.777. The van der Waals surface area contributed by atoms with Crippen molar-refractivity contribution in [2.75, 3.05) is 19.6 Å². The second-order valence-electron chi connectivity index (χ2n) is 6.36. The molecule has 0 bridgehead atoms. The molecule has 3 aromatic rings. The van der Waals surface area contributed by atoms with Gasteiger partial charge >= 0.3 is 0 Å². The summed E-state index contributed by atoms with van der Waals surface area (Å²) in [5, 5.41) is 3.42. The van der Waals surface area contributed by atoms with E-state index >= 15 is 0 Å². The molecule has 0 amide bonds. The Morgan fingerprint density at radius 1 is 1.24 bits per heavy atom. The third-order valence-electron chi connectivity index (χ3n) is 4.75. The molecule has 4 rings (SSSR count). The summed E-state index contributed by atoms with van der Waals surface area (Å²) < 4.78 is 15.8. The summed E-state index contributed by atoms with van der Waals surface area (Å²) >= 11 is 0. The number of nitrogens with zero attached hydrogens (tertiary/aromatic N) is 3. The molecule has 1 N–H and O–H groups in total. The third kappa shape index (κ3) is 3.54. The van der Waals surface area contributed by atoms with E-state index < -0.39 is 0 Å². The minimum absolute atomic E-state index is 0. The zero-order chi connectivity index (χ0) is 16.5. The second-order valence-corrected chi connectivity index (χ2v) is 6.36. The Balaban J connectivity index is 0.00000182. The van der Waals surface area contributed by atoms with E-state index in [4.69, 9.17) is 0 Å². The summed E-state index contributed by atoms with van der Waals surface area (Å²) in [4.78, 5) is 6.92. The van der Waals surface area contributed by atoms with Crippen LogP contribution in [0.4, 0.5) is 4.39 Å². The van der Waals surface area contributed by atoms with Gasteiger partial charge in [-0.25, -0.2) is 9.37 Å². The first kappa shape index (κ1) is 17.9. The van der Waals surface area contributed by atoms with E-state index in [1.165, 1.54) is 17.5 Å². The average Bonchev–Trinajstić information content (AvgIpc) is 3.00. The minimum Gasteiger partial charge on any atom is -0.314 e. The molecule has 2 aromatic heterocycles. The molecule has 0 spiro atoms. The molecule has 1 aliphatic rings. The number of piperazine rings is 1. The first-order chi connectivity index (χ1) is 11.7. The number of nitrogens with one attached hydrogen (secondary N) is 1. The highest BCUT2D eigenvalue weighted by Gasteiger charge is 2.25. The summed E-state index contributed by atoms with van der Waals surface area (Å²) in [6, 6.07) is 13.3. The highest BCUT2D eigenvalue weighted by Crippen LogP contribution is 2.25. The van der Waals surface area contributed by atoms with Crippen LogP contribution in [0.15, 0.2) is 48.7 Å². The van der Waals surface area contributed by atoms with E-state index in [1.54, 1.807) is 12.1 Å². The van der Waals surface area contributed by atoms with Gasteiger partial charge in [-0.1, -0.05) is 18.2 Å². The lowest BCUT2D eigenvalue weighted by molar-refractivity contribution is 0.151. The smallest absolute Gasteiger partial charge is 0.137 e. The molecule has 0 radical (unpaired) electrons. The first-order valence-electron chi connectivity index (χ1n) is 8.34. The molecule has 132 valence electrons. The molecule has 6 heteroatoms. The van der Waals surface area contributed by atoms with Crippen molar-refractivity contribution in [3.05, 3.63) is 71.4 Å². The van der Waals surface area contributed by atoms with Crippen LogP contribution in [-0.2, 0) is 6.54 Å². The van der Waals surface area contributed by atoms with Crippen molar-refractivity contribution < 1.29 is 4.39 Å². The van der Waals surface area contributed by atoms with Gasteiger partial charge in [-0.3, -0.25) is 4.90 Å². The van der Waals surface area contributed by atoms with Crippen molar-refractivity contribution in [1.29, 1.82) is 0 Å². The predicted octanol–water partition coefficient (Wildman–Crippen LogP) is 3.35. The van der Waals surface area contributed by atoms with Crippen LogP contribution in [0.3, 0.4) is 0 Å². The number of aromatic nitrogens is 2. The predicted molar refractivity (Wildman–Crippen MR) is 99.6 cm³/mol.